The predicted octanol–water partition coefficient (Wildman–Crippen LogP) is 4.89. The summed E-state index contributed by atoms with van der Waals surface area (Å²) >= 11 is 17.3. The Hall–Kier alpha value is -2.37. The SMILES string of the molecule is COc1coc(CN(C(=O)OCC(Cl)(Cl)Cl)C2CCN(C(=O)[C@@H](NC(=O)OC(C)(C)C)C(C)(C)C)CC2)cc1=O. The molecule has 40 heavy (non-hydrogen) atoms. The standard InChI is InChI=1S/C26H38Cl3N3O8/c1-24(2,3)20(30-22(35)40-25(4,5)6)21(34)31-10-8-16(9-11-31)32(23(36)39-15-26(27,28)29)13-17-12-18(33)19(37-7)14-38-17/h12,14,16,20H,8-11,13,15H2,1-7H3,(H,30,35)/t20-/m1/s1. The number of carbonyl (C=O) groups excluding carboxylic acids is 3. The summed E-state index contributed by atoms with van der Waals surface area (Å²) in [5, 5.41) is 2.71. The Bertz CT molecular complexity index is 1100. The van der Waals surface area contributed by atoms with Crippen LogP contribution in [0.3, 0.4) is 0 Å². The number of amides is 3. The fourth-order valence-electron chi connectivity index (χ4n) is 4.06. The first-order valence-electron chi connectivity index (χ1n) is 12.7. The van der Waals surface area contributed by atoms with Crippen molar-refractivity contribution < 1.29 is 33.0 Å². The minimum atomic E-state index is -1.81. The van der Waals surface area contributed by atoms with Gasteiger partial charge in [-0.3, -0.25) is 14.5 Å². The van der Waals surface area contributed by atoms with Crippen molar-refractivity contribution in [1.29, 1.82) is 0 Å². The quantitative estimate of drug-likeness (QED) is 0.424. The van der Waals surface area contributed by atoms with Gasteiger partial charge in [0.05, 0.1) is 13.7 Å². The zero-order valence-corrected chi connectivity index (χ0v) is 26.1. The molecule has 226 valence electrons. The summed E-state index contributed by atoms with van der Waals surface area (Å²) in [4.78, 5) is 54.2. The maximum absolute atomic E-state index is 13.5. The molecule has 14 heteroatoms. The number of hydrogen-bond donors (Lipinski definition) is 1. The zero-order chi connectivity index (χ0) is 30.5. The highest BCUT2D eigenvalue weighted by atomic mass is 35.6. The van der Waals surface area contributed by atoms with E-state index in [9.17, 15) is 19.2 Å². The molecule has 0 aromatic carbocycles. The summed E-state index contributed by atoms with van der Waals surface area (Å²) in [6.07, 6.45) is 0.484. The van der Waals surface area contributed by atoms with Gasteiger partial charge in [0.25, 0.3) is 0 Å². The second-order valence-electron chi connectivity index (χ2n) is 11.6. The maximum Gasteiger partial charge on any atom is 0.410 e. The van der Waals surface area contributed by atoms with Crippen LogP contribution < -0.4 is 15.5 Å². The molecule has 1 aliphatic heterocycles. The van der Waals surface area contributed by atoms with E-state index in [-0.39, 0.29) is 30.0 Å². The lowest BCUT2D eigenvalue weighted by Gasteiger charge is -2.41. The molecule has 0 aliphatic carbocycles. The Morgan fingerprint density at radius 3 is 2.20 bits per heavy atom. The molecule has 1 atom stereocenters. The number of alkyl halides is 3. The van der Waals surface area contributed by atoms with E-state index in [0.29, 0.717) is 25.9 Å². The molecule has 0 bridgehead atoms. The molecule has 1 fully saturated rings. The van der Waals surface area contributed by atoms with Crippen LogP contribution in [0.15, 0.2) is 21.5 Å². The van der Waals surface area contributed by atoms with Crippen molar-refractivity contribution in [3.8, 4) is 5.75 Å². The van der Waals surface area contributed by atoms with Gasteiger partial charge in [-0.2, -0.15) is 0 Å². The smallest absolute Gasteiger partial charge is 0.410 e. The Labute approximate surface area is 249 Å². The molecule has 1 aromatic heterocycles. The van der Waals surface area contributed by atoms with Crippen LogP contribution >= 0.6 is 34.8 Å². The zero-order valence-electron chi connectivity index (χ0n) is 23.8. The molecule has 0 radical (unpaired) electrons. The minimum Gasteiger partial charge on any atom is -0.490 e. The third-order valence-electron chi connectivity index (χ3n) is 5.98. The number of nitrogens with one attached hydrogen (secondary N) is 1. The summed E-state index contributed by atoms with van der Waals surface area (Å²) < 4.78 is 19.2. The highest BCUT2D eigenvalue weighted by Crippen LogP contribution is 2.28. The lowest BCUT2D eigenvalue weighted by atomic mass is 9.85. The number of hydrogen-bond acceptors (Lipinski definition) is 8. The Balaban J connectivity index is 2.18. The first-order valence-corrected chi connectivity index (χ1v) is 13.9. The molecule has 1 aromatic rings. The van der Waals surface area contributed by atoms with Crippen molar-refractivity contribution in [1.82, 2.24) is 15.1 Å². The van der Waals surface area contributed by atoms with Crippen LogP contribution in [0, 0.1) is 5.41 Å². The number of piperidine rings is 1. The molecule has 2 heterocycles. The van der Waals surface area contributed by atoms with Crippen molar-refractivity contribution in [2.45, 2.75) is 82.4 Å². The fraction of sp³-hybridized carbons (Fsp3) is 0.692. The average Bonchev–Trinajstić information content (AvgIpc) is 2.82. The fourth-order valence-corrected chi connectivity index (χ4v) is 4.23. The van der Waals surface area contributed by atoms with E-state index >= 15 is 0 Å². The van der Waals surface area contributed by atoms with Crippen LogP contribution in [0.5, 0.6) is 5.75 Å². The average molecular weight is 627 g/mol. The highest BCUT2D eigenvalue weighted by molar-refractivity contribution is 6.67. The summed E-state index contributed by atoms with van der Waals surface area (Å²) in [7, 11) is 1.34. The Kier molecular flexibility index (Phi) is 11.4. The van der Waals surface area contributed by atoms with Gasteiger partial charge in [0.2, 0.25) is 20.9 Å². The molecule has 0 saturated carbocycles. The molecule has 3 amide bonds. The number of likely N-dealkylation sites (tertiary alicyclic amines) is 1. The van der Waals surface area contributed by atoms with Crippen LogP contribution in [0.25, 0.3) is 0 Å². The van der Waals surface area contributed by atoms with Crippen LogP contribution in [0.4, 0.5) is 9.59 Å². The van der Waals surface area contributed by atoms with Crippen molar-refractivity contribution in [3.63, 3.8) is 0 Å². The highest BCUT2D eigenvalue weighted by Gasteiger charge is 2.39. The van der Waals surface area contributed by atoms with Gasteiger partial charge in [0.1, 0.15) is 30.3 Å². The molecule has 0 unspecified atom stereocenters. The van der Waals surface area contributed by atoms with E-state index in [2.05, 4.69) is 5.32 Å². The van der Waals surface area contributed by atoms with E-state index in [1.807, 2.05) is 20.8 Å². The first-order chi connectivity index (χ1) is 18.3. The molecule has 11 nitrogen and oxygen atoms in total. The van der Waals surface area contributed by atoms with E-state index < -0.39 is 45.1 Å². The predicted molar refractivity (Wildman–Crippen MR) is 151 cm³/mol. The lowest BCUT2D eigenvalue weighted by Crippen LogP contribution is -2.58. The van der Waals surface area contributed by atoms with Crippen molar-refractivity contribution >= 4 is 52.9 Å². The van der Waals surface area contributed by atoms with E-state index in [4.69, 9.17) is 53.4 Å². The molecule has 1 aliphatic rings. The third-order valence-corrected chi connectivity index (χ3v) is 6.31. The van der Waals surface area contributed by atoms with Gasteiger partial charge in [0, 0.05) is 25.2 Å². The third kappa shape index (κ3) is 10.6. The van der Waals surface area contributed by atoms with Crippen LogP contribution in [-0.2, 0) is 20.8 Å². The number of nitrogens with zero attached hydrogens (tertiary/aromatic N) is 2. The van der Waals surface area contributed by atoms with Gasteiger partial charge in [-0.25, -0.2) is 9.59 Å². The number of ether oxygens (including phenoxy) is 3. The molecule has 0 spiro atoms. The summed E-state index contributed by atoms with van der Waals surface area (Å²) in [6.45, 7) is 10.8. The molecular formula is C26H38Cl3N3O8. The van der Waals surface area contributed by atoms with Crippen molar-refractivity contribution in [2.75, 3.05) is 26.8 Å². The van der Waals surface area contributed by atoms with Gasteiger partial charge < -0.3 is 28.8 Å². The van der Waals surface area contributed by atoms with Gasteiger partial charge in [0.15, 0.2) is 0 Å². The largest absolute Gasteiger partial charge is 0.490 e. The maximum atomic E-state index is 13.5. The molecular weight excluding hydrogens is 589 g/mol. The van der Waals surface area contributed by atoms with Crippen LogP contribution in [0.2, 0.25) is 0 Å². The summed E-state index contributed by atoms with van der Waals surface area (Å²) in [5.74, 6) is -0.0397. The number of carbonyl (C=O) groups is 3. The van der Waals surface area contributed by atoms with E-state index in [1.165, 1.54) is 18.1 Å². The first kappa shape index (κ1) is 33.8. The van der Waals surface area contributed by atoms with E-state index in [1.54, 1.807) is 25.7 Å². The second-order valence-corrected chi connectivity index (χ2v) is 14.1. The van der Waals surface area contributed by atoms with E-state index in [0.717, 1.165) is 6.26 Å². The minimum absolute atomic E-state index is 0.0225. The lowest BCUT2D eigenvalue weighted by molar-refractivity contribution is -0.137. The van der Waals surface area contributed by atoms with Gasteiger partial charge in [-0.15, -0.1) is 0 Å². The number of halogens is 3. The number of methoxy groups -OCH3 is 1. The van der Waals surface area contributed by atoms with Crippen molar-refractivity contribution in [2.24, 2.45) is 5.41 Å². The van der Waals surface area contributed by atoms with Gasteiger partial charge >= 0.3 is 12.2 Å². The molecule has 1 N–H and O–H groups in total. The Morgan fingerprint density at radius 1 is 1.12 bits per heavy atom. The summed E-state index contributed by atoms with van der Waals surface area (Å²) in [6, 6.07) is 0.00672. The molecule has 1 saturated heterocycles. The number of alkyl carbamates (subject to hydrolysis) is 1. The van der Waals surface area contributed by atoms with Gasteiger partial charge in [-0.1, -0.05) is 55.6 Å². The van der Waals surface area contributed by atoms with Crippen molar-refractivity contribution in [3.05, 3.63) is 28.3 Å². The van der Waals surface area contributed by atoms with Gasteiger partial charge in [-0.05, 0) is 39.0 Å². The normalized spacial score (nSPS) is 15.7. The topological polar surface area (TPSA) is 128 Å². The second kappa shape index (κ2) is 13.5. The monoisotopic (exact) mass is 625 g/mol. The molecule has 2 rings (SSSR count). The number of rotatable bonds is 7. The summed E-state index contributed by atoms with van der Waals surface area (Å²) in [5.41, 5.74) is -1.72. The Morgan fingerprint density at radius 2 is 1.73 bits per heavy atom. The van der Waals surface area contributed by atoms with Crippen LogP contribution in [-0.4, -0.2) is 76.2 Å². The van der Waals surface area contributed by atoms with Crippen LogP contribution in [0.1, 0.15) is 60.1 Å².